The number of nitrogens with one attached hydrogen (secondary N) is 2. The van der Waals surface area contributed by atoms with Crippen LogP contribution in [-0.2, 0) is 19.6 Å². The minimum absolute atomic E-state index is 0. The van der Waals surface area contributed by atoms with Crippen molar-refractivity contribution in [3.63, 3.8) is 0 Å². The molecule has 0 aliphatic carbocycles. The van der Waals surface area contributed by atoms with Crippen LogP contribution in [0.4, 0.5) is 0 Å². The van der Waals surface area contributed by atoms with Crippen molar-refractivity contribution in [1.29, 1.82) is 0 Å². The molecule has 0 atom stereocenters. The third-order valence-electron chi connectivity index (χ3n) is 5.93. The Kier molecular flexibility index (Phi) is 11.8. The Balaban J connectivity index is 0.00000385. The summed E-state index contributed by atoms with van der Waals surface area (Å²) < 4.78 is 10.7. The van der Waals surface area contributed by atoms with Gasteiger partial charge in [0.25, 0.3) is 0 Å². The number of ether oxygens (including phenoxy) is 2. The molecule has 1 saturated heterocycles. The van der Waals surface area contributed by atoms with Crippen LogP contribution in [0.2, 0.25) is 0 Å². The van der Waals surface area contributed by atoms with Gasteiger partial charge in [0.2, 0.25) is 0 Å². The number of likely N-dealkylation sites (N-methyl/N-ethyl adjacent to an activating group) is 1. The molecule has 2 N–H and O–H groups in total. The number of benzene rings is 2. The third kappa shape index (κ3) is 8.35. The molecule has 0 radical (unpaired) electrons. The number of hydrogen-bond donors (Lipinski definition) is 2. The van der Waals surface area contributed by atoms with Gasteiger partial charge < -0.3 is 25.0 Å². The molecule has 0 spiro atoms. The molecule has 3 rings (SSSR count). The number of methoxy groups -OCH3 is 2. The van der Waals surface area contributed by atoms with Crippen LogP contribution in [0.15, 0.2) is 47.5 Å². The number of piperazine rings is 1. The van der Waals surface area contributed by atoms with Crippen LogP contribution < -0.4 is 20.1 Å². The summed E-state index contributed by atoms with van der Waals surface area (Å²) in [4.78, 5) is 9.38. The highest BCUT2D eigenvalue weighted by molar-refractivity contribution is 14.0. The highest BCUT2D eigenvalue weighted by atomic mass is 127. The molecular formula is C25H38IN5O2. The van der Waals surface area contributed by atoms with Gasteiger partial charge in [0.1, 0.15) is 0 Å². The first-order chi connectivity index (χ1) is 15.6. The van der Waals surface area contributed by atoms with E-state index in [1.165, 1.54) is 24.2 Å². The van der Waals surface area contributed by atoms with Gasteiger partial charge in [-0.2, -0.15) is 0 Å². The summed E-state index contributed by atoms with van der Waals surface area (Å²) in [7, 11) is 5.07. The zero-order valence-corrected chi connectivity index (χ0v) is 22.6. The highest BCUT2D eigenvalue weighted by Crippen LogP contribution is 2.27. The Bertz CT molecular complexity index is 868. The van der Waals surface area contributed by atoms with Crippen molar-refractivity contribution in [2.45, 2.75) is 26.6 Å². The van der Waals surface area contributed by atoms with E-state index in [4.69, 9.17) is 9.47 Å². The van der Waals surface area contributed by atoms with E-state index in [1.54, 1.807) is 21.3 Å². The van der Waals surface area contributed by atoms with Crippen LogP contribution in [0.5, 0.6) is 11.5 Å². The van der Waals surface area contributed by atoms with Crippen molar-refractivity contribution in [1.82, 2.24) is 20.4 Å². The van der Waals surface area contributed by atoms with Gasteiger partial charge in [-0.1, -0.05) is 37.3 Å². The molecule has 7 nitrogen and oxygen atoms in total. The lowest BCUT2D eigenvalue weighted by Crippen LogP contribution is -2.45. The summed E-state index contributed by atoms with van der Waals surface area (Å²) in [6.07, 6.45) is 0. The Labute approximate surface area is 215 Å². The first-order valence-corrected chi connectivity index (χ1v) is 11.3. The number of hydrogen-bond acceptors (Lipinski definition) is 5. The van der Waals surface area contributed by atoms with Crippen molar-refractivity contribution in [2.75, 3.05) is 54.0 Å². The normalized spacial score (nSPS) is 15.0. The van der Waals surface area contributed by atoms with Crippen molar-refractivity contribution in [3.05, 3.63) is 59.2 Å². The maximum Gasteiger partial charge on any atom is 0.191 e. The molecule has 1 fully saturated rings. The largest absolute Gasteiger partial charge is 0.493 e. The molecule has 0 unspecified atom stereocenters. The summed E-state index contributed by atoms with van der Waals surface area (Å²) >= 11 is 0. The molecule has 8 heteroatoms. The molecule has 0 bridgehead atoms. The summed E-state index contributed by atoms with van der Waals surface area (Å²) in [5.41, 5.74) is 3.70. The standard InChI is InChI=1S/C25H37N5O2.HI/c1-5-29-12-14-30(15-13-29)19-21-8-6-20(7-9-21)17-27-25(26-2)28-18-22-10-11-23(31-3)24(16-22)32-4;/h6-11,16H,5,12-15,17-19H2,1-4H3,(H2,26,27,28);1H. The highest BCUT2D eigenvalue weighted by Gasteiger charge is 2.15. The molecule has 1 aliphatic heterocycles. The predicted molar refractivity (Wildman–Crippen MR) is 146 cm³/mol. The lowest BCUT2D eigenvalue weighted by atomic mass is 10.1. The molecule has 33 heavy (non-hydrogen) atoms. The second-order valence-electron chi connectivity index (χ2n) is 8.00. The van der Waals surface area contributed by atoms with Gasteiger partial charge in [0.15, 0.2) is 17.5 Å². The zero-order valence-electron chi connectivity index (χ0n) is 20.3. The minimum atomic E-state index is 0. The Morgan fingerprint density at radius 3 is 1.94 bits per heavy atom. The molecular weight excluding hydrogens is 529 g/mol. The SMILES string of the molecule is CCN1CCN(Cc2ccc(CNC(=NC)NCc3ccc(OC)c(OC)c3)cc2)CC1.I. The number of guanidine groups is 1. The summed E-state index contributed by atoms with van der Waals surface area (Å²) in [6, 6.07) is 14.8. The maximum atomic E-state index is 5.38. The summed E-state index contributed by atoms with van der Waals surface area (Å²) in [5, 5.41) is 6.74. The number of nitrogens with zero attached hydrogens (tertiary/aromatic N) is 3. The second-order valence-corrected chi connectivity index (χ2v) is 8.00. The maximum absolute atomic E-state index is 5.38. The average molecular weight is 568 g/mol. The molecule has 0 aromatic heterocycles. The molecule has 182 valence electrons. The Morgan fingerprint density at radius 2 is 1.36 bits per heavy atom. The molecule has 0 saturated carbocycles. The van der Waals surface area contributed by atoms with E-state index >= 15 is 0 Å². The smallest absolute Gasteiger partial charge is 0.191 e. The van der Waals surface area contributed by atoms with Gasteiger partial charge in [-0.15, -0.1) is 24.0 Å². The lowest BCUT2D eigenvalue weighted by molar-refractivity contribution is 0.132. The van der Waals surface area contributed by atoms with Gasteiger partial charge in [0.05, 0.1) is 14.2 Å². The van der Waals surface area contributed by atoms with E-state index in [0.29, 0.717) is 6.54 Å². The van der Waals surface area contributed by atoms with E-state index in [-0.39, 0.29) is 24.0 Å². The van der Waals surface area contributed by atoms with Gasteiger partial charge >= 0.3 is 0 Å². The van der Waals surface area contributed by atoms with Crippen molar-refractivity contribution < 1.29 is 9.47 Å². The van der Waals surface area contributed by atoms with Crippen LogP contribution in [0.1, 0.15) is 23.6 Å². The fraction of sp³-hybridized carbons (Fsp3) is 0.480. The first-order valence-electron chi connectivity index (χ1n) is 11.3. The van der Waals surface area contributed by atoms with Crippen LogP contribution in [0, 0.1) is 0 Å². The van der Waals surface area contributed by atoms with Crippen LogP contribution in [0.25, 0.3) is 0 Å². The number of halogens is 1. The van der Waals surface area contributed by atoms with E-state index in [0.717, 1.165) is 55.7 Å². The van der Waals surface area contributed by atoms with Crippen LogP contribution in [-0.4, -0.2) is 69.8 Å². The molecule has 1 heterocycles. The van der Waals surface area contributed by atoms with Crippen molar-refractivity contribution in [3.8, 4) is 11.5 Å². The van der Waals surface area contributed by atoms with Crippen molar-refractivity contribution >= 4 is 29.9 Å². The second kappa shape index (κ2) is 14.3. The van der Waals surface area contributed by atoms with Crippen molar-refractivity contribution in [2.24, 2.45) is 4.99 Å². The molecule has 0 amide bonds. The topological polar surface area (TPSA) is 61.4 Å². The van der Waals surface area contributed by atoms with Crippen LogP contribution >= 0.6 is 24.0 Å². The van der Waals surface area contributed by atoms with E-state index in [2.05, 4.69) is 56.6 Å². The van der Waals surface area contributed by atoms with Gasteiger partial charge in [-0.25, -0.2) is 0 Å². The number of aliphatic imine (C=N–C) groups is 1. The summed E-state index contributed by atoms with van der Waals surface area (Å²) in [6.45, 7) is 10.4. The van der Waals surface area contributed by atoms with E-state index in [1.807, 2.05) is 18.2 Å². The zero-order chi connectivity index (χ0) is 22.8. The molecule has 1 aliphatic rings. The number of rotatable bonds is 9. The molecule has 2 aromatic rings. The average Bonchev–Trinajstić information content (AvgIpc) is 2.85. The quantitative estimate of drug-likeness (QED) is 0.276. The van der Waals surface area contributed by atoms with Gasteiger partial charge in [0, 0.05) is 52.9 Å². The lowest BCUT2D eigenvalue weighted by Gasteiger charge is -2.34. The summed E-state index contributed by atoms with van der Waals surface area (Å²) in [5.74, 6) is 2.21. The molecule has 2 aromatic carbocycles. The van der Waals surface area contributed by atoms with Crippen LogP contribution in [0.3, 0.4) is 0 Å². The third-order valence-corrected chi connectivity index (χ3v) is 5.93. The van der Waals surface area contributed by atoms with E-state index in [9.17, 15) is 0 Å². The van der Waals surface area contributed by atoms with Gasteiger partial charge in [-0.05, 0) is 35.4 Å². The predicted octanol–water partition coefficient (Wildman–Crippen LogP) is 3.32. The Hall–Kier alpha value is -2.04. The van der Waals surface area contributed by atoms with Gasteiger partial charge in [-0.3, -0.25) is 9.89 Å². The minimum Gasteiger partial charge on any atom is -0.493 e. The fourth-order valence-electron chi connectivity index (χ4n) is 3.87. The monoisotopic (exact) mass is 567 g/mol. The van der Waals surface area contributed by atoms with E-state index < -0.39 is 0 Å². The Morgan fingerprint density at radius 1 is 0.818 bits per heavy atom. The fourth-order valence-corrected chi connectivity index (χ4v) is 3.87. The first kappa shape index (κ1) is 27.2.